The van der Waals surface area contributed by atoms with Crippen molar-refractivity contribution in [3.05, 3.63) is 57.8 Å². The van der Waals surface area contributed by atoms with Crippen LogP contribution in [0.5, 0.6) is 17.5 Å². The number of hydrogen-bond acceptors (Lipinski definition) is 7. The summed E-state index contributed by atoms with van der Waals surface area (Å²) in [5.41, 5.74) is 4.82. The Balaban J connectivity index is 1.21. The summed E-state index contributed by atoms with van der Waals surface area (Å²) >= 11 is 0. The minimum atomic E-state index is -0.294. The van der Waals surface area contributed by atoms with Gasteiger partial charge in [-0.05, 0) is 68.0 Å². The molecule has 0 bridgehead atoms. The number of aromatic nitrogens is 3. The molecule has 0 amide bonds. The zero-order chi connectivity index (χ0) is 23.1. The third kappa shape index (κ3) is 4.11. The van der Waals surface area contributed by atoms with E-state index in [4.69, 9.17) is 14.2 Å². The second kappa shape index (κ2) is 8.91. The normalized spacial score (nSPS) is 23.9. The van der Waals surface area contributed by atoms with Gasteiger partial charge in [-0.3, -0.25) is 9.47 Å². The van der Waals surface area contributed by atoms with Crippen LogP contribution in [0.2, 0.25) is 0 Å². The fourth-order valence-electron chi connectivity index (χ4n) is 5.39. The van der Waals surface area contributed by atoms with Crippen LogP contribution in [0, 0.1) is 5.92 Å². The first-order valence-electron chi connectivity index (χ1n) is 12.3. The quantitative estimate of drug-likeness (QED) is 0.676. The summed E-state index contributed by atoms with van der Waals surface area (Å²) in [6.45, 7) is 7.02. The summed E-state index contributed by atoms with van der Waals surface area (Å²) in [6, 6.07) is 5.54. The molecule has 1 fully saturated rings. The lowest BCUT2D eigenvalue weighted by atomic mass is 9.80. The maximum absolute atomic E-state index is 12.8. The molecular formula is C26H30N4O4. The molecule has 1 aliphatic carbocycles. The van der Waals surface area contributed by atoms with Crippen molar-refractivity contribution < 1.29 is 14.2 Å². The van der Waals surface area contributed by atoms with Gasteiger partial charge in [0, 0.05) is 25.4 Å². The first-order valence-corrected chi connectivity index (χ1v) is 12.3. The Hall–Kier alpha value is -3.13. The number of hydrogen-bond donors (Lipinski definition) is 0. The number of allylic oxidation sites excluding steroid dienone is 3. The summed E-state index contributed by atoms with van der Waals surface area (Å²) < 4.78 is 19.3. The van der Waals surface area contributed by atoms with E-state index in [9.17, 15) is 4.79 Å². The van der Waals surface area contributed by atoms with Gasteiger partial charge < -0.3 is 14.2 Å². The SMILES string of the molecule is CC1CC2=C(C=C1CN1CCCC1)CCn1c2cc(OC[C@H]2COc3ncccc3O2)nc1=O. The summed E-state index contributed by atoms with van der Waals surface area (Å²) in [7, 11) is 0. The highest BCUT2D eigenvalue weighted by molar-refractivity contribution is 5.72. The van der Waals surface area contributed by atoms with Crippen LogP contribution in [0.15, 0.2) is 46.4 Å². The third-order valence-corrected chi connectivity index (χ3v) is 7.25. The molecule has 1 saturated heterocycles. The second-order valence-corrected chi connectivity index (χ2v) is 9.64. The first kappa shape index (κ1) is 21.4. The lowest BCUT2D eigenvalue weighted by Crippen LogP contribution is -2.36. The summed E-state index contributed by atoms with van der Waals surface area (Å²) in [6.07, 6.45) is 8.21. The summed E-state index contributed by atoms with van der Waals surface area (Å²) in [5, 5.41) is 0. The van der Waals surface area contributed by atoms with Crippen molar-refractivity contribution in [2.45, 2.75) is 45.3 Å². The van der Waals surface area contributed by atoms with Gasteiger partial charge in [0.1, 0.15) is 13.2 Å². The molecule has 8 heteroatoms. The molecule has 178 valence electrons. The third-order valence-electron chi connectivity index (χ3n) is 7.25. The van der Waals surface area contributed by atoms with E-state index in [1.54, 1.807) is 16.8 Å². The number of ether oxygens (including phenoxy) is 3. The molecule has 0 N–H and O–H groups in total. The van der Waals surface area contributed by atoms with Crippen molar-refractivity contribution in [1.82, 2.24) is 19.4 Å². The monoisotopic (exact) mass is 462 g/mol. The summed E-state index contributed by atoms with van der Waals surface area (Å²) in [4.78, 5) is 23.7. The van der Waals surface area contributed by atoms with Gasteiger partial charge in [-0.25, -0.2) is 9.78 Å². The Morgan fingerprint density at radius 2 is 2.12 bits per heavy atom. The largest absolute Gasteiger partial charge is 0.478 e. The van der Waals surface area contributed by atoms with E-state index in [2.05, 4.69) is 27.9 Å². The van der Waals surface area contributed by atoms with Crippen molar-refractivity contribution >= 4 is 5.57 Å². The molecule has 2 atom stereocenters. The molecule has 0 radical (unpaired) electrons. The van der Waals surface area contributed by atoms with Gasteiger partial charge in [-0.15, -0.1) is 0 Å². The van der Waals surface area contributed by atoms with Gasteiger partial charge in [0.2, 0.25) is 5.88 Å². The molecule has 2 aromatic heterocycles. The van der Waals surface area contributed by atoms with Crippen molar-refractivity contribution in [2.24, 2.45) is 5.92 Å². The fraction of sp³-hybridized carbons (Fsp3) is 0.500. The minimum absolute atomic E-state index is 0.242. The van der Waals surface area contributed by atoms with E-state index in [0.29, 0.717) is 36.6 Å². The number of rotatable bonds is 5. The van der Waals surface area contributed by atoms with Gasteiger partial charge in [0.05, 0.1) is 5.69 Å². The average molecular weight is 463 g/mol. The van der Waals surface area contributed by atoms with Gasteiger partial charge >= 0.3 is 5.69 Å². The van der Waals surface area contributed by atoms with E-state index in [0.717, 1.165) is 25.1 Å². The van der Waals surface area contributed by atoms with Crippen LogP contribution in [0.3, 0.4) is 0 Å². The van der Waals surface area contributed by atoms with Crippen molar-refractivity contribution in [3.63, 3.8) is 0 Å². The van der Waals surface area contributed by atoms with Crippen LogP contribution >= 0.6 is 0 Å². The first-order chi connectivity index (χ1) is 16.6. The van der Waals surface area contributed by atoms with Gasteiger partial charge in [-0.2, -0.15) is 4.98 Å². The van der Waals surface area contributed by atoms with Crippen LogP contribution in [0.4, 0.5) is 0 Å². The predicted molar refractivity (Wildman–Crippen MR) is 127 cm³/mol. The molecule has 34 heavy (non-hydrogen) atoms. The molecule has 1 unspecified atom stereocenters. The van der Waals surface area contributed by atoms with E-state index in [1.807, 2.05) is 12.1 Å². The Bertz CT molecular complexity index is 1210. The second-order valence-electron chi connectivity index (χ2n) is 9.64. The standard InChI is InChI=1S/C26H30N4O4/c1-17-11-21-18(12-19(17)14-29-8-2-3-9-29)6-10-30-22(21)13-24(28-26(30)31)32-15-20-16-33-25-23(34-20)5-4-7-27-25/h4-5,7,12-13,17,20H,2-3,6,8-11,14-16H2,1H3/t17?,20-/m0/s1. The van der Waals surface area contributed by atoms with Crippen LogP contribution < -0.4 is 19.9 Å². The smallest absolute Gasteiger partial charge is 0.351 e. The topological polar surface area (TPSA) is 78.7 Å². The molecule has 0 saturated carbocycles. The van der Waals surface area contributed by atoms with Crippen LogP contribution in [0.1, 0.15) is 38.3 Å². The Labute approximate surface area is 198 Å². The van der Waals surface area contributed by atoms with E-state index >= 15 is 0 Å². The van der Waals surface area contributed by atoms with Crippen molar-refractivity contribution in [2.75, 3.05) is 32.8 Å². The predicted octanol–water partition coefficient (Wildman–Crippen LogP) is 3.08. The Morgan fingerprint density at radius 3 is 3.00 bits per heavy atom. The molecule has 4 aliphatic rings. The molecule has 0 aromatic carbocycles. The van der Waals surface area contributed by atoms with Gasteiger partial charge in [-0.1, -0.05) is 18.6 Å². The number of fused-ring (bicyclic) bond motifs is 3. The zero-order valence-corrected chi connectivity index (χ0v) is 19.5. The van der Waals surface area contributed by atoms with E-state index in [1.165, 1.54) is 42.7 Å². The van der Waals surface area contributed by atoms with E-state index in [-0.39, 0.29) is 18.4 Å². The average Bonchev–Trinajstić information content (AvgIpc) is 3.36. The lowest BCUT2D eigenvalue weighted by Gasteiger charge is -2.32. The molecular weight excluding hydrogens is 432 g/mol. The maximum Gasteiger partial charge on any atom is 0.351 e. The van der Waals surface area contributed by atoms with Gasteiger partial charge in [0.15, 0.2) is 11.9 Å². The Kier molecular flexibility index (Phi) is 5.61. The summed E-state index contributed by atoms with van der Waals surface area (Å²) in [5.74, 6) is 1.89. The van der Waals surface area contributed by atoms with Gasteiger partial charge in [0.25, 0.3) is 5.88 Å². The van der Waals surface area contributed by atoms with Crippen LogP contribution in [-0.2, 0) is 6.54 Å². The van der Waals surface area contributed by atoms with Crippen molar-refractivity contribution in [3.8, 4) is 17.5 Å². The van der Waals surface area contributed by atoms with Crippen LogP contribution in [-0.4, -0.2) is 58.4 Å². The minimum Gasteiger partial charge on any atom is -0.478 e. The Morgan fingerprint density at radius 1 is 1.24 bits per heavy atom. The molecule has 8 nitrogen and oxygen atoms in total. The highest BCUT2D eigenvalue weighted by Gasteiger charge is 2.29. The van der Waals surface area contributed by atoms with E-state index < -0.39 is 0 Å². The molecule has 2 aromatic rings. The molecule has 0 spiro atoms. The number of nitrogens with zero attached hydrogens (tertiary/aromatic N) is 4. The fourth-order valence-corrected chi connectivity index (χ4v) is 5.39. The molecule has 5 heterocycles. The zero-order valence-electron chi connectivity index (χ0n) is 19.5. The molecule has 6 rings (SSSR count). The molecule has 3 aliphatic heterocycles. The number of pyridine rings is 1. The van der Waals surface area contributed by atoms with Crippen LogP contribution in [0.25, 0.3) is 5.57 Å². The van der Waals surface area contributed by atoms with Crippen molar-refractivity contribution in [1.29, 1.82) is 0 Å². The highest BCUT2D eigenvalue weighted by atomic mass is 16.6. The number of likely N-dealkylation sites (tertiary alicyclic amines) is 1. The maximum atomic E-state index is 12.8. The highest BCUT2D eigenvalue weighted by Crippen LogP contribution is 2.39. The lowest BCUT2D eigenvalue weighted by molar-refractivity contribution is 0.0485.